The van der Waals surface area contributed by atoms with E-state index in [-0.39, 0.29) is 0 Å². The highest BCUT2D eigenvalue weighted by molar-refractivity contribution is 6.03. The van der Waals surface area contributed by atoms with Gasteiger partial charge in [-0.2, -0.15) is 0 Å². The summed E-state index contributed by atoms with van der Waals surface area (Å²) in [6, 6.07) is 17.3. The van der Waals surface area contributed by atoms with Gasteiger partial charge < -0.3 is 0 Å². The third-order valence-corrected chi connectivity index (χ3v) is 3.47. The van der Waals surface area contributed by atoms with Crippen LogP contribution >= 0.6 is 0 Å². The molecule has 1 aliphatic heterocycles. The van der Waals surface area contributed by atoms with Gasteiger partial charge in [0.25, 0.3) is 0 Å². The fourth-order valence-electron chi connectivity index (χ4n) is 2.58. The summed E-state index contributed by atoms with van der Waals surface area (Å²) in [7, 11) is 0. The van der Waals surface area contributed by atoms with Crippen molar-refractivity contribution in [2.45, 2.75) is 19.8 Å². The molecule has 0 saturated heterocycles. The minimum absolute atomic E-state index is 0.929. The normalized spacial score (nSPS) is 13.9. The first-order chi connectivity index (χ1) is 8.83. The molecule has 0 unspecified atom stereocenters. The van der Waals surface area contributed by atoms with Crippen molar-refractivity contribution in [1.29, 1.82) is 0 Å². The number of aliphatic imine (C=N–C) groups is 1. The Kier molecular flexibility index (Phi) is 2.97. The predicted molar refractivity (Wildman–Crippen MR) is 76.4 cm³/mol. The van der Waals surface area contributed by atoms with Gasteiger partial charge >= 0.3 is 0 Å². The van der Waals surface area contributed by atoms with Crippen LogP contribution < -0.4 is 0 Å². The lowest BCUT2D eigenvalue weighted by atomic mass is 9.93. The standard InChI is InChI=1S/C17H17N/c1-13-5-4-6-14(11-13)12-17-16-8-3-2-7-15(16)9-10-18-17/h2-8,11H,9-10,12H2,1H3. The van der Waals surface area contributed by atoms with Crippen molar-refractivity contribution in [3.8, 4) is 0 Å². The summed E-state index contributed by atoms with van der Waals surface area (Å²) in [6.07, 6.45) is 2.02. The zero-order chi connectivity index (χ0) is 12.4. The van der Waals surface area contributed by atoms with Crippen molar-refractivity contribution in [3.05, 3.63) is 70.8 Å². The van der Waals surface area contributed by atoms with Crippen molar-refractivity contribution in [2.24, 2.45) is 4.99 Å². The SMILES string of the molecule is Cc1cccc(CC2=NCCc3ccccc32)c1. The molecule has 0 aliphatic carbocycles. The monoisotopic (exact) mass is 235 g/mol. The maximum atomic E-state index is 4.71. The topological polar surface area (TPSA) is 12.4 Å². The third-order valence-electron chi connectivity index (χ3n) is 3.47. The van der Waals surface area contributed by atoms with Crippen LogP contribution in [0, 0.1) is 6.92 Å². The van der Waals surface area contributed by atoms with Gasteiger partial charge in [-0.3, -0.25) is 4.99 Å². The van der Waals surface area contributed by atoms with E-state index in [9.17, 15) is 0 Å². The molecular weight excluding hydrogens is 218 g/mol. The van der Waals surface area contributed by atoms with Gasteiger partial charge in [-0.25, -0.2) is 0 Å². The Morgan fingerprint density at radius 2 is 1.94 bits per heavy atom. The summed E-state index contributed by atoms with van der Waals surface area (Å²) in [5.41, 5.74) is 6.69. The molecule has 1 nitrogen and oxygen atoms in total. The van der Waals surface area contributed by atoms with Gasteiger partial charge in [-0.05, 0) is 30.0 Å². The zero-order valence-corrected chi connectivity index (χ0v) is 10.7. The molecule has 0 bridgehead atoms. The molecule has 2 aromatic rings. The van der Waals surface area contributed by atoms with Crippen LogP contribution in [0.1, 0.15) is 22.3 Å². The molecule has 0 fully saturated rings. The quantitative estimate of drug-likeness (QED) is 0.754. The highest BCUT2D eigenvalue weighted by atomic mass is 14.7. The third kappa shape index (κ3) is 2.21. The average molecular weight is 235 g/mol. The van der Waals surface area contributed by atoms with Gasteiger partial charge in [0.15, 0.2) is 0 Å². The van der Waals surface area contributed by atoms with E-state index >= 15 is 0 Å². The highest BCUT2D eigenvalue weighted by Crippen LogP contribution is 2.18. The first-order valence-electron chi connectivity index (χ1n) is 6.50. The number of hydrogen-bond donors (Lipinski definition) is 0. The molecule has 0 atom stereocenters. The Morgan fingerprint density at radius 3 is 2.83 bits per heavy atom. The van der Waals surface area contributed by atoms with Crippen LogP contribution in [-0.4, -0.2) is 12.3 Å². The molecule has 3 rings (SSSR count). The summed E-state index contributed by atoms with van der Waals surface area (Å²) in [5.74, 6) is 0. The second kappa shape index (κ2) is 4.77. The van der Waals surface area contributed by atoms with E-state index in [0.29, 0.717) is 0 Å². The molecule has 18 heavy (non-hydrogen) atoms. The Labute approximate surface area is 108 Å². The lowest BCUT2D eigenvalue weighted by Gasteiger charge is -2.17. The maximum absolute atomic E-state index is 4.71. The second-order valence-electron chi connectivity index (χ2n) is 4.90. The molecule has 2 aromatic carbocycles. The molecule has 0 N–H and O–H groups in total. The van der Waals surface area contributed by atoms with Crippen molar-refractivity contribution in [3.63, 3.8) is 0 Å². The van der Waals surface area contributed by atoms with Crippen LogP contribution in [0.5, 0.6) is 0 Å². The van der Waals surface area contributed by atoms with Gasteiger partial charge in [-0.15, -0.1) is 0 Å². The van der Waals surface area contributed by atoms with Gasteiger partial charge in [0, 0.05) is 18.7 Å². The van der Waals surface area contributed by atoms with E-state index in [0.717, 1.165) is 19.4 Å². The lowest BCUT2D eigenvalue weighted by Crippen LogP contribution is -2.15. The van der Waals surface area contributed by atoms with E-state index in [1.165, 1.54) is 28.0 Å². The van der Waals surface area contributed by atoms with Gasteiger partial charge in [0.1, 0.15) is 0 Å². The fraction of sp³-hybridized carbons (Fsp3) is 0.235. The predicted octanol–water partition coefficient (Wildman–Crippen LogP) is 3.58. The van der Waals surface area contributed by atoms with Crippen LogP contribution in [0.4, 0.5) is 0 Å². The van der Waals surface area contributed by atoms with E-state index in [2.05, 4.69) is 55.5 Å². The van der Waals surface area contributed by atoms with Gasteiger partial charge in [-0.1, -0.05) is 54.1 Å². The number of benzene rings is 2. The summed E-state index contributed by atoms with van der Waals surface area (Å²) in [5, 5.41) is 0. The molecular formula is C17H17N. The zero-order valence-electron chi connectivity index (χ0n) is 10.7. The number of fused-ring (bicyclic) bond motifs is 1. The molecule has 1 heterocycles. The van der Waals surface area contributed by atoms with Crippen LogP contribution in [-0.2, 0) is 12.8 Å². The van der Waals surface area contributed by atoms with Gasteiger partial charge in [0.2, 0.25) is 0 Å². The van der Waals surface area contributed by atoms with Crippen LogP contribution in [0.2, 0.25) is 0 Å². The summed E-state index contributed by atoms with van der Waals surface area (Å²) in [4.78, 5) is 4.71. The molecule has 1 heteroatoms. The second-order valence-corrected chi connectivity index (χ2v) is 4.90. The molecule has 0 amide bonds. The van der Waals surface area contributed by atoms with E-state index in [1.54, 1.807) is 0 Å². The minimum Gasteiger partial charge on any atom is -0.288 e. The van der Waals surface area contributed by atoms with Crippen molar-refractivity contribution in [2.75, 3.05) is 6.54 Å². The fourth-order valence-corrected chi connectivity index (χ4v) is 2.58. The Hall–Kier alpha value is -1.89. The molecule has 90 valence electrons. The summed E-state index contributed by atoms with van der Waals surface area (Å²) < 4.78 is 0. The number of aryl methyl sites for hydroxylation is 1. The first kappa shape index (κ1) is 11.2. The van der Waals surface area contributed by atoms with Crippen LogP contribution in [0.3, 0.4) is 0 Å². The molecule has 0 aromatic heterocycles. The smallest absolute Gasteiger partial charge is 0.0467 e. The van der Waals surface area contributed by atoms with Crippen LogP contribution in [0.25, 0.3) is 0 Å². The van der Waals surface area contributed by atoms with E-state index in [4.69, 9.17) is 4.99 Å². The van der Waals surface area contributed by atoms with Crippen molar-refractivity contribution >= 4 is 5.71 Å². The Morgan fingerprint density at radius 1 is 1.06 bits per heavy atom. The lowest BCUT2D eigenvalue weighted by molar-refractivity contribution is 0.934. The molecule has 0 spiro atoms. The first-order valence-corrected chi connectivity index (χ1v) is 6.50. The minimum atomic E-state index is 0.929. The van der Waals surface area contributed by atoms with Gasteiger partial charge in [0.05, 0.1) is 0 Å². The molecule has 0 saturated carbocycles. The summed E-state index contributed by atoms with van der Waals surface area (Å²) >= 11 is 0. The number of rotatable bonds is 2. The number of hydrogen-bond acceptors (Lipinski definition) is 1. The molecule has 1 aliphatic rings. The van der Waals surface area contributed by atoms with Crippen molar-refractivity contribution in [1.82, 2.24) is 0 Å². The molecule has 0 radical (unpaired) electrons. The average Bonchev–Trinajstić information content (AvgIpc) is 2.39. The van der Waals surface area contributed by atoms with E-state index in [1.807, 2.05) is 0 Å². The highest BCUT2D eigenvalue weighted by Gasteiger charge is 2.13. The maximum Gasteiger partial charge on any atom is 0.0467 e. The Balaban J connectivity index is 1.92. The number of nitrogens with zero attached hydrogens (tertiary/aromatic N) is 1. The largest absolute Gasteiger partial charge is 0.288 e. The van der Waals surface area contributed by atoms with E-state index < -0.39 is 0 Å². The van der Waals surface area contributed by atoms with Crippen LogP contribution in [0.15, 0.2) is 53.5 Å². The van der Waals surface area contributed by atoms with Crippen molar-refractivity contribution < 1.29 is 0 Å². The Bertz CT molecular complexity index is 596. The summed E-state index contributed by atoms with van der Waals surface area (Å²) in [6.45, 7) is 3.07.